The second-order valence-electron chi connectivity index (χ2n) is 8.76. The summed E-state index contributed by atoms with van der Waals surface area (Å²) < 4.78 is 16.7. The number of ether oxygens (including phenoxy) is 3. The fourth-order valence-electron chi connectivity index (χ4n) is 2.94. The fourth-order valence-corrected chi connectivity index (χ4v) is 2.94. The molecule has 0 radical (unpaired) electrons. The molecule has 0 fully saturated rings. The van der Waals surface area contributed by atoms with Gasteiger partial charge in [-0.1, -0.05) is 30.3 Å². The van der Waals surface area contributed by atoms with E-state index >= 15 is 0 Å². The quantitative estimate of drug-likeness (QED) is 0.524. The number of likely N-dealkylation sites (N-methyl/N-ethyl adjacent to an activating group) is 1. The molecule has 2 aromatic carbocycles. The zero-order valence-electron chi connectivity index (χ0n) is 19.9. The van der Waals surface area contributed by atoms with E-state index in [-0.39, 0.29) is 12.5 Å². The average molecular weight is 443 g/mol. The Labute approximate surface area is 190 Å². The maximum absolute atomic E-state index is 13.2. The van der Waals surface area contributed by atoms with Crippen molar-refractivity contribution in [2.45, 2.75) is 33.0 Å². The fraction of sp³-hybridized carbons (Fsp3) is 0.440. The Balaban J connectivity index is 2.17. The van der Waals surface area contributed by atoms with Crippen molar-refractivity contribution < 1.29 is 23.8 Å². The van der Waals surface area contributed by atoms with Crippen molar-refractivity contribution >= 4 is 11.9 Å². The first-order valence-electron chi connectivity index (χ1n) is 10.6. The second kappa shape index (κ2) is 11.5. The monoisotopic (exact) mass is 442 g/mol. The molecule has 2 rings (SSSR count). The van der Waals surface area contributed by atoms with Crippen LogP contribution in [0.4, 0.5) is 0 Å². The van der Waals surface area contributed by atoms with Crippen molar-refractivity contribution in [3.63, 3.8) is 0 Å². The van der Waals surface area contributed by atoms with Gasteiger partial charge in [0, 0.05) is 18.7 Å². The van der Waals surface area contributed by atoms with Gasteiger partial charge >= 0.3 is 5.97 Å². The summed E-state index contributed by atoms with van der Waals surface area (Å²) in [6.45, 7) is 6.67. The Kier molecular flexibility index (Phi) is 9.08. The average Bonchev–Trinajstić information content (AvgIpc) is 2.74. The molecule has 0 spiro atoms. The molecule has 1 amide bonds. The number of carbonyl (C=O) groups excluding carboxylic acids is 2. The van der Waals surface area contributed by atoms with Gasteiger partial charge in [-0.25, -0.2) is 0 Å². The number of hydrogen-bond acceptors (Lipinski definition) is 6. The SMILES string of the molecule is COc1cc(C(=O)N(CCN(C)C)CC(=O)OC(C)(C)C)ccc1OCc1ccccc1. The molecule has 0 aromatic heterocycles. The maximum Gasteiger partial charge on any atom is 0.326 e. The lowest BCUT2D eigenvalue weighted by Gasteiger charge is -2.26. The Morgan fingerprint density at radius 3 is 2.22 bits per heavy atom. The lowest BCUT2D eigenvalue weighted by atomic mass is 10.1. The highest BCUT2D eigenvalue weighted by Crippen LogP contribution is 2.29. The van der Waals surface area contributed by atoms with Crippen molar-refractivity contribution in [2.24, 2.45) is 0 Å². The van der Waals surface area contributed by atoms with Crippen LogP contribution in [0.3, 0.4) is 0 Å². The van der Waals surface area contributed by atoms with Crippen LogP contribution in [0.15, 0.2) is 48.5 Å². The first-order valence-corrected chi connectivity index (χ1v) is 10.6. The molecule has 0 aliphatic rings. The van der Waals surface area contributed by atoms with E-state index in [1.54, 1.807) is 39.0 Å². The van der Waals surface area contributed by atoms with E-state index in [1.807, 2.05) is 49.3 Å². The highest BCUT2D eigenvalue weighted by molar-refractivity contribution is 5.96. The molecule has 0 heterocycles. The van der Waals surface area contributed by atoms with E-state index in [0.717, 1.165) is 5.56 Å². The van der Waals surface area contributed by atoms with Crippen molar-refractivity contribution in [3.8, 4) is 11.5 Å². The van der Waals surface area contributed by atoms with E-state index < -0.39 is 11.6 Å². The van der Waals surface area contributed by atoms with Crippen LogP contribution in [0.25, 0.3) is 0 Å². The zero-order chi connectivity index (χ0) is 23.7. The van der Waals surface area contributed by atoms with Crippen LogP contribution in [-0.2, 0) is 16.1 Å². The maximum atomic E-state index is 13.2. The molecule has 0 bridgehead atoms. The summed E-state index contributed by atoms with van der Waals surface area (Å²) in [7, 11) is 5.36. The molecule has 0 atom stereocenters. The second-order valence-corrected chi connectivity index (χ2v) is 8.76. The molecule has 32 heavy (non-hydrogen) atoms. The van der Waals surface area contributed by atoms with Gasteiger partial charge in [0.15, 0.2) is 11.5 Å². The largest absolute Gasteiger partial charge is 0.493 e. The van der Waals surface area contributed by atoms with E-state index in [4.69, 9.17) is 14.2 Å². The summed E-state index contributed by atoms with van der Waals surface area (Å²) in [5.41, 5.74) is 0.826. The van der Waals surface area contributed by atoms with Crippen molar-refractivity contribution in [3.05, 3.63) is 59.7 Å². The molecule has 7 heteroatoms. The molecule has 2 aromatic rings. The molecule has 0 unspecified atom stereocenters. The summed E-state index contributed by atoms with van der Waals surface area (Å²) >= 11 is 0. The number of hydrogen-bond donors (Lipinski definition) is 0. The van der Waals surface area contributed by atoms with Crippen LogP contribution in [0.5, 0.6) is 11.5 Å². The van der Waals surface area contributed by atoms with E-state index in [2.05, 4.69) is 0 Å². The molecule has 0 saturated heterocycles. The smallest absolute Gasteiger partial charge is 0.326 e. The number of amides is 1. The van der Waals surface area contributed by atoms with Gasteiger partial charge < -0.3 is 24.0 Å². The Bertz CT molecular complexity index is 891. The molecular weight excluding hydrogens is 408 g/mol. The van der Waals surface area contributed by atoms with Crippen LogP contribution in [0.2, 0.25) is 0 Å². The third-order valence-electron chi connectivity index (χ3n) is 4.49. The normalized spacial score (nSPS) is 11.2. The van der Waals surface area contributed by atoms with Crippen molar-refractivity contribution in [2.75, 3.05) is 40.8 Å². The minimum atomic E-state index is -0.617. The molecular formula is C25H34N2O5. The Morgan fingerprint density at radius 1 is 0.938 bits per heavy atom. The predicted octanol–water partition coefficient (Wildman–Crippen LogP) is 3.62. The lowest BCUT2D eigenvalue weighted by molar-refractivity contribution is -0.155. The van der Waals surface area contributed by atoms with Gasteiger partial charge in [0.1, 0.15) is 18.8 Å². The number of esters is 1. The molecule has 0 aliphatic carbocycles. The molecule has 174 valence electrons. The van der Waals surface area contributed by atoms with Crippen molar-refractivity contribution in [1.82, 2.24) is 9.80 Å². The van der Waals surface area contributed by atoms with Gasteiger partial charge in [-0.3, -0.25) is 9.59 Å². The van der Waals surface area contributed by atoms with Gasteiger partial charge in [-0.05, 0) is 58.6 Å². The summed E-state index contributed by atoms with van der Waals surface area (Å²) in [6, 6.07) is 14.8. The minimum Gasteiger partial charge on any atom is -0.493 e. The van der Waals surface area contributed by atoms with Crippen LogP contribution >= 0.6 is 0 Å². The number of nitrogens with zero attached hydrogens (tertiary/aromatic N) is 2. The summed E-state index contributed by atoms with van der Waals surface area (Å²) in [5.74, 6) is 0.279. The summed E-state index contributed by atoms with van der Waals surface area (Å²) in [4.78, 5) is 29.0. The topological polar surface area (TPSA) is 68.3 Å². The van der Waals surface area contributed by atoms with Gasteiger partial charge in [0.2, 0.25) is 0 Å². The van der Waals surface area contributed by atoms with Gasteiger partial charge in [-0.15, -0.1) is 0 Å². The van der Waals surface area contributed by atoms with Crippen LogP contribution in [-0.4, -0.2) is 68.1 Å². The van der Waals surface area contributed by atoms with E-state index in [1.165, 1.54) is 12.0 Å². The summed E-state index contributed by atoms with van der Waals surface area (Å²) in [6.07, 6.45) is 0. The molecule has 0 N–H and O–H groups in total. The Hall–Kier alpha value is -3.06. The highest BCUT2D eigenvalue weighted by Gasteiger charge is 2.24. The molecule has 0 saturated carbocycles. The van der Waals surface area contributed by atoms with Crippen LogP contribution in [0.1, 0.15) is 36.7 Å². The van der Waals surface area contributed by atoms with Crippen LogP contribution < -0.4 is 9.47 Å². The van der Waals surface area contributed by atoms with Crippen LogP contribution in [0, 0.1) is 0 Å². The third-order valence-corrected chi connectivity index (χ3v) is 4.49. The zero-order valence-corrected chi connectivity index (χ0v) is 19.9. The molecule has 7 nitrogen and oxygen atoms in total. The number of benzene rings is 2. The van der Waals surface area contributed by atoms with Gasteiger partial charge in [0.05, 0.1) is 7.11 Å². The van der Waals surface area contributed by atoms with E-state index in [9.17, 15) is 9.59 Å². The Morgan fingerprint density at radius 2 is 1.62 bits per heavy atom. The first-order chi connectivity index (χ1) is 15.1. The van der Waals surface area contributed by atoms with Crippen molar-refractivity contribution in [1.29, 1.82) is 0 Å². The summed E-state index contributed by atoms with van der Waals surface area (Å²) in [5, 5.41) is 0. The van der Waals surface area contributed by atoms with Gasteiger partial charge in [0.25, 0.3) is 5.91 Å². The first kappa shape index (κ1) is 25.2. The lowest BCUT2D eigenvalue weighted by Crippen LogP contribution is -2.42. The van der Waals surface area contributed by atoms with E-state index in [0.29, 0.717) is 36.8 Å². The number of carbonyl (C=O) groups is 2. The third kappa shape index (κ3) is 8.23. The highest BCUT2D eigenvalue weighted by atomic mass is 16.6. The number of rotatable bonds is 10. The molecule has 0 aliphatic heterocycles. The standard InChI is InChI=1S/C25H34N2O5/c1-25(2,3)32-23(28)17-27(15-14-26(4)5)24(29)20-12-13-21(22(16-20)30-6)31-18-19-10-8-7-9-11-19/h7-13,16H,14-15,17-18H2,1-6H3. The number of methoxy groups -OCH3 is 1. The van der Waals surface area contributed by atoms with Gasteiger partial charge in [-0.2, -0.15) is 0 Å². The minimum absolute atomic E-state index is 0.126. The predicted molar refractivity (Wildman–Crippen MR) is 124 cm³/mol.